The summed E-state index contributed by atoms with van der Waals surface area (Å²) < 4.78 is 15.7. The molecule has 0 unspecified atom stereocenters. The molecule has 4 nitrogen and oxygen atoms in total. The molecular formula is C18H20FN3O. The highest BCUT2D eigenvalue weighted by atomic mass is 19.1. The van der Waals surface area contributed by atoms with Crippen LogP contribution in [0.15, 0.2) is 24.3 Å². The maximum Gasteiger partial charge on any atom is 0.272 e. The van der Waals surface area contributed by atoms with E-state index in [0.29, 0.717) is 17.3 Å². The summed E-state index contributed by atoms with van der Waals surface area (Å²) in [6.45, 7) is 2.05. The van der Waals surface area contributed by atoms with Gasteiger partial charge >= 0.3 is 0 Å². The van der Waals surface area contributed by atoms with Gasteiger partial charge in [0.05, 0.1) is 0 Å². The van der Waals surface area contributed by atoms with E-state index in [2.05, 4.69) is 10.4 Å². The van der Waals surface area contributed by atoms with Crippen LogP contribution >= 0.6 is 0 Å². The average molecular weight is 313 g/mol. The standard InChI is InChI=1S/C18H20FN3O/c1-11(12-9-10-12)20-18(23)17-13-5-4-8-15(13)22(21-17)16-7-3-2-6-14(16)19/h2-3,6-7,11-12H,4-5,8-10H2,1H3,(H,20,23)/t11-/m1/s1. The molecule has 0 saturated heterocycles. The monoisotopic (exact) mass is 313 g/mol. The quantitative estimate of drug-likeness (QED) is 0.943. The molecule has 0 aliphatic heterocycles. The molecule has 2 aliphatic rings. The first kappa shape index (κ1) is 14.4. The molecule has 5 heteroatoms. The second-order valence-electron chi connectivity index (χ2n) is 6.59. The number of carbonyl (C=O) groups excluding carboxylic acids is 1. The first-order chi connectivity index (χ1) is 11.1. The van der Waals surface area contributed by atoms with Gasteiger partial charge in [-0.1, -0.05) is 12.1 Å². The van der Waals surface area contributed by atoms with E-state index in [0.717, 1.165) is 30.5 Å². The van der Waals surface area contributed by atoms with Gasteiger partial charge in [0.1, 0.15) is 11.5 Å². The van der Waals surface area contributed by atoms with Gasteiger partial charge in [-0.25, -0.2) is 9.07 Å². The van der Waals surface area contributed by atoms with E-state index in [1.165, 1.54) is 18.9 Å². The normalized spacial score (nSPS) is 17.8. The van der Waals surface area contributed by atoms with E-state index in [1.54, 1.807) is 22.9 Å². The Labute approximate surface area is 134 Å². The molecule has 1 heterocycles. The van der Waals surface area contributed by atoms with Gasteiger partial charge in [-0.3, -0.25) is 4.79 Å². The van der Waals surface area contributed by atoms with Crippen molar-refractivity contribution in [2.45, 2.75) is 45.1 Å². The van der Waals surface area contributed by atoms with Crippen LogP contribution in [0.4, 0.5) is 4.39 Å². The van der Waals surface area contributed by atoms with Crippen molar-refractivity contribution in [3.63, 3.8) is 0 Å². The number of amides is 1. The number of carbonyl (C=O) groups is 1. The van der Waals surface area contributed by atoms with Crippen LogP contribution in [0, 0.1) is 11.7 Å². The lowest BCUT2D eigenvalue weighted by atomic mass is 10.1. The summed E-state index contributed by atoms with van der Waals surface area (Å²) in [5.41, 5.74) is 2.83. The molecule has 1 amide bonds. The number of rotatable bonds is 4. The minimum atomic E-state index is -0.317. The van der Waals surface area contributed by atoms with Crippen LogP contribution in [0.2, 0.25) is 0 Å². The zero-order valence-electron chi connectivity index (χ0n) is 13.2. The highest BCUT2D eigenvalue weighted by Gasteiger charge is 2.32. The second kappa shape index (κ2) is 5.48. The first-order valence-corrected chi connectivity index (χ1v) is 8.31. The summed E-state index contributed by atoms with van der Waals surface area (Å²) in [7, 11) is 0. The molecule has 0 radical (unpaired) electrons. The Bertz CT molecular complexity index is 764. The fraction of sp³-hybridized carbons (Fsp3) is 0.444. The number of fused-ring (bicyclic) bond motifs is 1. The summed E-state index contributed by atoms with van der Waals surface area (Å²) in [5.74, 6) is 0.154. The lowest BCUT2D eigenvalue weighted by Crippen LogP contribution is -2.34. The maximum atomic E-state index is 14.1. The number of halogens is 1. The molecule has 1 aromatic carbocycles. The van der Waals surface area contributed by atoms with Crippen LogP contribution in [-0.4, -0.2) is 21.7 Å². The Morgan fingerprint density at radius 1 is 1.35 bits per heavy atom. The van der Waals surface area contributed by atoms with Gasteiger partial charge in [0.25, 0.3) is 5.91 Å². The molecule has 1 aromatic heterocycles. The first-order valence-electron chi connectivity index (χ1n) is 8.31. The highest BCUT2D eigenvalue weighted by Crippen LogP contribution is 2.33. The number of hydrogen-bond donors (Lipinski definition) is 1. The molecule has 2 aliphatic carbocycles. The third kappa shape index (κ3) is 2.54. The number of para-hydroxylation sites is 1. The molecule has 1 atom stereocenters. The Hall–Kier alpha value is -2.17. The van der Waals surface area contributed by atoms with E-state index in [1.807, 2.05) is 6.92 Å². The van der Waals surface area contributed by atoms with Crippen LogP contribution in [0.5, 0.6) is 0 Å². The number of hydrogen-bond acceptors (Lipinski definition) is 2. The van der Waals surface area contributed by atoms with Crippen molar-refractivity contribution in [3.05, 3.63) is 47.0 Å². The van der Waals surface area contributed by atoms with Crippen molar-refractivity contribution < 1.29 is 9.18 Å². The molecule has 120 valence electrons. The number of aromatic nitrogens is 2. The second-order valence-corrected chi connectivity index (χ2v) is 6.59. The molecule has 0 bridgehead atoms. The maximum absolute atomic E-state index is 14.1. The highest BCUT2D eigenvalue weighted by molar-refractivity contribution is 5.94. The SMILES string of the molecule is C[C@@H](NC(=O)c1nn(-c2ccccc2F)c2c1CCC2)C1CC1. The van der Waals surface area contributed by atoms with Crippen LogP contribution in [0.3, 0.4) is 0 Å². The Balaban J connectivity index is 1.70. The van der Waals surface area contributed by atoms with E-state index in [-0.39, 0.29) is 17.8 Å². The fourth-order valence-corrected chi connectivity index (χ4v) is 3.43. The lowest BCUT2D eigenvalue weighted by Gasteiger charge is -2.12. The minimum absolute atomic E-state index is 0.127. The summed E-state index contributed by atoms with van der Waals surface area (Å²) in [6.07, 6.45) is 5.03. The summed E-state index contributed by atoms with van der Waals surface area (Å²) in [4.78, 5) is 12.6. The van der Waals surface area contributed by atoms with E-state index < -0.39 is 0 Å². The largest absolute Gasteiger partial charge is 0.348 e. The Kier molecular flexibility index (Phi) is 3.43. The molecule has 0 spiro atoms. The molecule has 1 saturated carbocycles. The molecular weight excluding hydrogens is 293 g/mol. The zero-order chi connectivity index (χ0) is 16.0. The van der Waals surface area contributed by atoms with Gasteiger partial charge < -0.3 is 5.32 Å². The van der Waals surface area contributed by atoms with Crippen molar-refractivity contribution in [3.8, 4) is 5.69 Å². The lowest BCUT2D eigenvalue weighted by molar-refractivity contribution is 0.0929. The third-order valence-electron chi connectivity index (χ3n) is 4.91. The molecule has 1 N–H and O–H groups in total. The third-order valence-corrected chi connectivity index (χ3v) is 4.91. The number of nitrogens with one attached hydrogen (secondary N) is 1. The Morgan fingerprint density at radius 3 is 2.87 bits per heavy atom. The van der Waals surface area contributed by atoms with Crippen molar-refractivity contribution >= 4 is 5.91 Å². The Morgan fingerprint density at radius 2 is 2.13 bits per heavy atom. The number of nitrogens with zero attached hydrogens (tertiary/aromatic N) is 2. The van der Waals surface area contributed by atoms with Gasteiger partial charge in [0, 0.05) is 17.3 Å². The summed E-state index contributed by atoms with van der Waals surface area (Å²) in [5, 5.41) is 7.52. The fourth-order valence-electron chi connectivity index (χ4n) is 3.43. The van der Waals surface area contributed by atoms with E-state index in [4.69, 9.17) is 0 Å². The van der Waals surface area contributed by atoms with Gasteiger partial charge in [-0.05, 0) is 57.1 Å². The van der Waals surface area contributed by atoms with Crippen LogP contribution in [0.1, 0.15) is 47.9 Å². The van der Waals surface area contributed by atoms with Crippen LogP contribution < -0.4 is 5.32 Å². The van der Waals surface area contributed by atoms with Crippen molar-refractivity contribution in [2.24, 2.45) is 5.92 Å². The summed E-state index contributed by atoms with van der Waals surface area (Å²) >= 11 is 0. The molecule has 4 rings (SSSR count). The van der Waals surface area contributed by atoms with Gasteiger partial charge in [0.15, 0.2) is 5.69 Å². The zero-order valence-corrected chi connectivity index (χ0v) is 13.2. The molecule has 2 aromatic rings. The minimum Gasteiger partial charge on any atom is -0.348 e. The van der Waals surface area contributed by atoms with Crippen molar-refractivity contribution in [2.75, 3.05) is 0 Å². The van der Waals surface area contributed by atoms with Crippen LogP contribution in [0.25, 0.3) is 5.69 Å². The van der Waals surface area contributed by atoms with E-state index in [9.17, 15) is 9.18 Å². The predicted octanol–water partition coefficient (Wildman–Crippen LogP) is 3.03. The van der Waals surface area contributed by atoms with Crippen molar-refractivity contribution in [1.82, 2.24) is 15.1 Å². The van der Waals surface area contributed by atoms with Gasteiger partial charge in [0.2, 0.25) is 0 Å². The van der Waals surface area contributed by atoms with Crippen molar-refractivity contribution in [1.29, 1.82) is 0 Å². The summed E-state index contributed by atoms with van der Waals surface area (Å²) in [6, 6.07) is 6.75. The predicted molar refractivity (Wildman–Crippen MR) is 85.2 cm³/mol. The van der Waals surface area contributed by atoms with E-state index >= 15 is 0 Å². The molecule has 23 heavy (non-hydrogen) atoms. The topological polar surface area (TPSA) is 46.9 Å². The van der Waals surface area contributed by atoms with Crippen LogP contribution in [-0.2, 0) is 12.8 Å². The smallest absolute Gasteiger partial charge is 0.272 e. The molecule has 1 fully saturated rings. The average Bonchev–Trinajstić information content (AvgIpc) is 3.17. The van der Waals surface area contributed by atoms with Gasteiger partial charge in [-0.15, -0.1) is 0 Å². The number of benzene rings is 1. The van der Waals surface area contributed by atoms with Gasteiger partial charge in [-0.2, -0.15) is 5.10 Å².